The van der Waals surface area contributed by atoms with Crippen LogP contribution in [0.25, 0.3) is 11.6 Å². The van der Waals surface area contributed by atoms with Crippen LogP contribution in [0.15, 0.2) is 47.4 Å². The largest absolute Gasteiger partial charge is 0.497 e. The molecule has 0 bridgehead atoms. The number of hydrogen-bond acceptors (Lipinski definition) is 7. The maximum atomic E-state index is 12.7. The first-order valence-corrected chi connectivity index (χ1v) is 9.23. The molecule has 8 heteroatoms. The molecule has 1 fully saturated rings. The Bertz CT molecular complexity index is 927. The molecule has 4 rings (SSSR count). The Labute approximate surface area is 162 Å². The molecule has 1 atom stereocenters. The molecule has 3 heterocycles. The van der Waals surface area contributed by atoms with Crippen molar-refractivity contribution in [1.29, 1.82) is 0 Å². The van der Waals surface area contributed by atoms with E-state index in [4.69, 9.17) is 9.26 Å². The van der Waals surface area contributed by atoms with E-state index in [9.17, 15) is 4.79 Å². The zero-order chi connectivity index (χ0) is 19.3. The Kier molecular flexibility index (Phi) is 5.27. The summed E-state index contributed by atoms with van der Waals surface area (Å²) in [5, 5.41) is 4.11. The Morgan fingerprint density at radius 1 is 1.29 bits per heavy atom. The summed E-state index contributed by atoms with van der Waals surface area (Å²) < 4.78 is 10.5. The second-order valence-corrected chi connectivity index (χ2v) is 6.75. The third-order valence-corrected chi connectivity index (χ3v) is 4.88. The lowest BCUT2D eigenvalue weighted by Crippen LogP contribution is -2.40. The van der Waals surface area contributed by atoms with E-state index in [1.54, 1.807) is 25.7 Å². The first-order chi connectivity index (χ1) is 13.7. The molecule has 1 aromatic carbocycles. The van der Waals surface area contributed by atoms with Gasteiger partial charge in [0, 0.05) is 31.4 Å². The normalized spacial score (nSPS) is 16.8. The summed E-state index contributed by atoms with van der Waals surface area (Å²) in [6, 6.07) is 7.58. The highest BCUT2D eigenvalue weighted by Gasteiger charge is 2.28. The Morgan fingerprint density at radius 2 is 2.14 bits per heavy atom. The number of piperidine rings is 1. The topological polar surface area (TPSA) is 94.2 Å². The molecule has 2 aromatic heterocycles. The van der Waals surface area contributed by atoms with Crippen LogP contribution in [0.1, 0.15) is 30.1 Å². The third kappa shape index (κ3) is 4.00. The lowest BCUT2D eigenvalue weighted by Gasteiger charge is -2.31. The molecule has 1 aliphatic heterocycles. The van der Waals surface area contributed by atoms with Crippen molar-refractivity contribution < 1.29 is 14.1 Å². The lowest BCUT2D eigenvalue weighted by molar-refractivity contribution is -0.131. The molecule has 0 radical (unpaired) electrons. The van der Waals surface area contributed by atoms with Gasteiger partial charge in [-0.15, -0.1) is 0 Å². The van der Waals surface area contributed by atoms with E-state index in [2.05, 4.69) is 20.1 Å². The van der Waals surface area contributed by atoms with Crippen molar-refractivity contribution in [2.45, 2.75) is 25.2 Å². The summed E-state index contributed by atoms with van der Waals surface area (Å²) in [4.78, 5) is 27.3. The Hall–Kier alpha value is -3.29. The quantitative estimate of drug-likeness (QED) is 0.672. The van der Waals surface area contributed by atoms with Crippen molar-refractivity contribution in [3.8, 4) is 17.3 Å². The van der Waals surface area contributed by atoms with Gasteiger partial charge in [-0.05, 0) is 30.5 Å². The van der Waals surface area contributed by atoms with Gasteiger partial charge in [0.2, 0.25) is 5.91 Å². The predicted octanol–water partition coefficient (Wildman–Crippen LogP) is 2.48. The molecule has 0 aliphatic carbocycles. The predicted molar refractivity (Wildman–Crippen MR) is 101 cm³/mol. The van der Waals surface area contributed by atoms with Crippen molar-refractivity contribution in [2.75, 3.05) is 20.2 Å². The van der Waals surface area contributed by atoms with E-state index >= 15 is 0 Å². The number of hydrogen-bond donors (Lipinski definition) is 0. The molecule has 8 nitrogen and oxygen atoms in total. The van der Waals surface area contributed by atoms with Crippen LogP contribution in [-0.4, -0.2) is 51.1 Å². The molecule has 0 spiro atoms. The van der Waals surface area contributed by atoms with E-state index in [0.29, 0.717) is 30.4 Å². The first kappa shape index (κ1) is 18.1. The summed E-state index contributed by atoms with van der Waals surface area (Å²) in [5.74, 6) is 1.91. The maximum absolute atomic E-state index is 12.7. The highest BCUT2D eigenvalue weighted by Crippen LogP contribution is 2.27. The van der Waals surface area contributed by atoms with Crippen LogP contribution in [0, 0.1) is 0 Å². The number of rotatable bonds is 5. The fourth-order valence-electron chi connectivity index (χ4n) is 3.36. The van der Waals surface area contributed by atoms with Gasteiger partial charge in [0.15, 0.2) is 5.82 Å². The van der Waals surface area contributed by atoms with Crippen molar-refractivity contribution in [1.82, 2.24) is 25.0 Å². The molecule has 0 N–H and O–H groups in total. The fourth-order valence-corrected chi connectivity index (χ4v) is 3.36. The van der Waals surface area contributed by atoms with Crippen LogP contribution in [0.4, 0.5) is 0 Å². The van der Waals surface area contributed by atoms with E-state index in [1.165, 1.54) is 0 Å². The number of likely N-dealkylation sites (tertiary alicyclic amines) is 1. The van der Waals surface area contributed by atoms with Gasteiger partial charge < -0.3 is 14.2 Å². The van der Waals surface area contributed by atoms with Gasteiger partial charge in [0.05, 0.1) is 19.7 Å². The number of nitrogens with zero attached hydrogens (tertiary/aromatic N) is 5. The minimum absolute atomic E-state index is 0.0581. The number of ether oxygens (including phenoxy) is 1. The molecule has 1 aliphatic rings. The molecule has 1 unspecified atom stereocenters. The summed E-state index contributed by atoms with van der Waals surface area (Å²) in [6.07, 6.45) is 6.96. The molecule has 1 saturated heterocycles. The minimum Gasteiger partial charge on any atom is -0.497 e. The molecule has 28 heavy (non-hydrogen) atoms. The number of aromatic nitrogens is 4. The summed E-state index contributed by atoms with van der Waals surface area (Å²) in [7, 11) is 1.63. The number of carbonyl (C=O) groups is 1. The SMILES string of the molecule is COc1ccc(CC(=O)N2CCCC(c3noc(-c4cnccn4)n3)C2)cc1. The van der Waals surface area contributed by atoms with Crippen LogP contribution in [0.3, 0.4) is 0 Å². The smallest absolute Gasteiger partial charge is 0.278 e. The molecule has 0 saturated carbocycles. The van der Waals surface area contributed by atoms with E-state index in [0.717, 1.165) is 30.7 Å². The summed E-state index contributed by atoms with van der Waals surface area (Å²) in [6.45, 7) is 1.34. The van der Waals surface area contributed by atoms with E-state index in [1.807, 2.05) is 29.2 Å². The lowest BCUT2D eigenvalue weighted by atomic mass is 9.96. The van der Waals surface area contributed by atoms with E-state index in [-0.39, 0.29) is 11.8 Å². The van der Waals surface area contributed by atoms with Crippen LogP contribution in [0.2, 0.25) is 0 Å². The van der Waals surface area contributed by atoms with Crippen molar-refractivity contribution >= 4 is 5.91 Å². The number of amides is 1. The van der Waals surface area contributed by atoms with Crippen molar-refractivity contribution in [3.63, 3.8) is 0 Å². The zero-order valence-electron chi connectivity index (χ0n) is 15.6. The van der Waals surface area contributed by atoms with Crippen molar-refractivity contribution in [2.24, 2.45) is 0 Å². The standard InChI is InChI=1S/C20H21N5O3/c1-27-16-6-4-14(5-7-16)11-18(26)25-10-2-3-15(13-25)19-23-20(28-24-19)17-12-21-8-9-22-17/h4-9,12,15H,2-3,10-11,13H2,1H3. The molecular formula is C20H21N5O3. The molecule has 144 valence electrons. The van der Waals surface area contributed by atoms with Crippen LogP contribution < -0.4 is 4.74 Å². The number of carbonyl (C=O) groups excluding carboxylic acids is 1. The summed E-state index contributed by atoms with van der Waals surface area (Å²) in [5.41, 5.74) is 1.52. The second kappa shape index (κ2) is 8.16. The van der Waals surface area contributed by atoms with Crippen LogP contribution in [-0.2, 0) is 11.2 Å². The summed E-state index contributed by atoms with van der Waals surface area (Å²) >= 11 is 0. The minimum atomic E-state index is 0.0581. The maximum Gasteiger partial charge on any atom is 0.278 e. The van der Waals surface area contributed by atoms with Crippen LogP contribution >= 0.6 is 0 Å². The van der Waals surface area contributed by atoms with Gasteiger partial charge in [0.25, 0.3) is 5.89 Å². The zero-order valence-corrected chi connectivity index (χ0v) is 15.6. The molecule has 3 aromatic rings. The molecular weight excluding hydrogens is 358 g/mol. The van der Waals surface area contributed by atoms with Gasteiger partial charge in [-0.2, -0.15) is 4.98 Å². The van der Waals surface area contributed by atoms with Crippen molar-refractivity contribution in [3.05, 3.63) is 54.2 Å². The van der Waals surface area contributed by atoms with Gasteiger partial charge in [-0.3, -0.25) is 9.78 Å². The van der Waals surface area contributed by atoms with Gasteiger partial charge in [-0.1, -0.05) is 17.3 Å². The second-order valence-electron chi connectivity index (χ2n) is 6.75. The average molecular weight is 379 g/mol. The van der Waals surface area contributed by atoms with Gasteiger partial charge in [0.1, 0.15) is 11.4 Å². The van der Waals surface area contributed by atoms with Gasteiger partial charge in [-0.25, -0.2) is 4.98 Å². The third-order valence-electron chi connectivity index (χ3n) is 4.88. The monoisotopic (exact) mass is 379 g/mol. The Morgan fingerprint density at radius 3 is 2.89 bits per heavy atom. The number of benzene rings is 1. The first-order valence-electron chi connectivity index (χ1n) is 9.23. The average Bonchev–Trinajstić information content (AvgIpc) is 3.25. The number of methoxy groups -OCH3 is 1. The highest BCUT2D eigenvalue weighted by molar-refractivity contribution is 5.79. The fraction of sp³-hybridized carbons (Fsp3) is 0.350. The molecule has 1 amide bonds. The Balaban J connectivity index is 1.41. The van der Waals surface area contributed by atoms with E-state index < -0.39 is 0 Å². The van der Waals surface area contributed by atoms with Crippen LogP contribution in [0.5, 0.6) is 5.75 Å². The highest BCUT2D eigenvalue weighted by atomic mass is 16.5. The van der Waals surface area contributed by atoms with Gasteiger partial charge >= 0.3 is 0 Å².